The average Bonchev–Trinajstić information content (AvgIpc) is 3.01. The Morgan fingerprint density at radius 2 is 1.50 bits per heavy atom. The molecular weight excluding hydrogens is 405 g/mol. The number of benzene rings is 3. The van der Waals surface area contributed by atoms with Crippen LogP contribution in [0.5, 0.6) is 0 Å². The molecule has 2 amide bonds. The Morgan fingerprint density at radius 1 is 0.844 bits per heavy atom. The number of imide groups is 1. The lowest BCUT2D eigenvalue weighted by Crippen LogP contribution is -2.33. The second kappa shape index (κ2) is 8.30. The predicted molar refractivity (Wildman–Crippen MR) is 126 cm³/mol. The van der Waals surface area contributed by atoms with Crippen LogP contribution in [0.25, 0.3) is 5.57 Å². The van der Waals surface area contributed by atoms with Crippen molar-refractivity contribution in [3.63, 3.8) is 0 Å². The molecular formula is C26H24FN3O2. The molecule has 0 saturated carbocycles. The molecule has 5 nitrogen and oxygen atoms in total. The van der Waals surface area contributed by atoms with Crippen molar-refractivity contribution < 1.29 is 14.0 Å². The van der Waals surface area contributed by atoms with Crippen LogP contribution in [-0.4, -0.2) is 25.9 Å². The van der Waals surface area contributed by atoms with Crippen molar-refractivity contribution in [1.82, 2.24) is 0 Å². The molecule has 0 bridgehead atoms. The number of aryl methyl sites for hydroxylation is 1. The van der Waals surface area contributed by atoms with Crippen molar-refractivity contribution in [3.8, 4) is 0 Å². The minimum absolute atomic E-state index is 0.167. The number of rotatable bonds is 5. The molecule has 32 heavy (non-hydrogen) atoms. The van der Waals surface area contributed by atoms with Gasteiger partial charge in [0, 0.05) is 25.5 Å². The van der Waals surface area contributed by atoms with E-state index < -0.39 is 17.6 Å². The summed E-state index contributed by atoms with van der Waals surface area (Å²) in [4.78, 5) is 30.2. The van der Waals surface area contributed by atoms with E-state index >= 15 is 0 Å². The van der Waals surface area contributed by atoms with Crippen LogP contribution in [-0.2, 0) is 9.59 Å². The third kappa shape index (κ3) is 3.75. The van der Waals surface area contributed by atoms with Gasteiger partial charge in [0.15, 0.2) is 0 Å². The fourth-order valence-electron chi connectivity index (χ4n) is 3.71. The van der Waals surface area contributed by atoms with E-state index in [-0.39, 0.29) is 11.3 Å². The van der Waals surface area contributed by atoms with Crippen molar-refractivity contribution in [2.45, 2.75) is 13.8 Å². The van der Waals surface area contributed by atoms with E-state index in [1.807, 2.05) is 69.2 Å². The number of nitrogens with one attached hydrogen (secondary N) is 1. The topological polar surface area (TPSA) is 52.7 Å². The van der Waals surface area contributed by atoms with E-state index in [0.29, 0.717) is 16.9 Å². The molecule has 1 aliphatic heterocycles. The summed E-state index contributed by atoms with van der Waals surface area (Å²) in [6.45, 7) is 3.82. The SMILES string of the molecule is Cc1cccc(N2C(=O)C(Nc3ccc(N(C)C)cc3)=C(c3ccc(F)cc3)C2=O)c1C. The van der Waals surface area contributed by atoms with Gasteiger partial charge < -0.3 is 10.2 Å². The van der Waals surface area contributed by atoms with Gasteiger partial charge in [-0.2, -0.15) is 0 Å². The van der Waals surface area contributed by atoms with Crippen LogP contribution >= 0.6 is 0 Å². The average molecular weight is 429 g/mol. The number of halogens is 1. The van der Waals surface area contributed by atoms with E-state index in [0.717, 1.165) is 16.8 Å². The van der Waals surface area contributed by atoms with E-state index in [1.54, 1.807) is 6.07 Å². The van der Waals surface area contributed by atoms with E-state index in [2.05, 4.69) is 5.32 Å². The molecule has 1 aliphatic rings. The fraction of sp³-hybridized carbons (Fsp3) is 0.154. The zero-order chi connectivity index (χ0) is 23.0. The Labute approximate surface area is 186 Å². The number of hydrogen-bond donors (Lipinski definition) is 1. The number of hydrogen-bond acceptors (Lipinski definition) is 4. The fourth-order valence-corrected chi connectivity index (χ4v) is 3.71. The lowest BCUT2D eigenvalue weighted by molar-refractivity contribution is -0.120. The van der Waals surface area contributed by atoms with Gasteiger partial charge in [0.25, 0.3) is 11.8 Å². The molecule has 3 aromatic carbocycles. The quantitative estimate of drug-likeness (QED) is 0.586. The number of nitrogens with zero attached hydrogens (tertiary/aromatic N) is 2. The van der Waals surface area contributed by atoms with Crippen LogP contribution in [0, 0.1) is 19.7 Å². The third-order valence-corrected chi connectivity index (χ3v) is 5.69. The van der Waals surface area contributed by atoms with E-state index in [9.17, 15) is 14.0 Å². The summed E-state index contributed by atoms with van der Waals surface area (Å²) in [6, 6.07) is 18.6. The Balaban J connectivity index is 1.81. The van der Waals surface area contributed by atoms with Crippen LogP contribution in [0.3, 0.4) is 0 Å². The first kappa shape index (κ1) is 21.3. The van der Waals surface area contributed by atoms with Crippen molar-refractivity contribution in [3.05, 3.63) is 94.9 Å². The third-order valence-electron chi connectivity index (χ3n) is 5.69. The molecule has 0 atom stereocenters. The summed E-state index contributed by atoms with van der Waals surface area (Å²) in [5.41, 5.74) is 4.91. The van der Waals surface area contributed by atoms with Gasteiger partial charge in [0.1, 0.15) is 11.5 Å². The molecule has 0 fully saturated rings. The van der Waals surface area contributed by atoms with Gasteiger partial charge in [-0.3, -0.25) is 9.59 Å². The van der Waals surface area contributed by atoms with Crippen molar-refractivity contribution in [2.75, 3.05) is 29.2 Å². The molecule has 0 spiro atoms. The van der Waals surface area contributed by atoms with Gasteiger partial charge in [-0.05, 0) is 73.0 Å². The first-order chi connectivity index (χ1) is 15.3. The summed E-state index contributed by atoms with van der Waals surface area (Å²) in [5, 5.41) is 3.14. The first-order valence-electron chi connectivity index (χ1n) is 10.3. The summed E-state index contributed by atoms with van der Waals surface area (Å²) in [7, 11) is 3.89. The maximum Gasteiger partial charge on any atom is 0.282 e. The van der Waals surface area contributed by atoms with E-state index in [4.69, 9.17) is 0 Å². The van der Waals surface area contributed by atoms with Crippen molar-refractivity contribution in [2.24, 2.45) is 0 Å². The standard InChI is InChI=1S/C26H24FN3O2/c1-16-6-5-7-22(17(16)2)30-25(31)23(18-8-10-19(27)11-9-18)24(26(30)32)28-20-12-14-21(15-13-20)29(3)4/h5-15,28H,1-4H3. The summed E-state index contributed by atoms with van der Waals surface area (Å²) >= 11 is 0. The molecule has 1 N–H and O–H groups in total. The van der Waals surface area contributed by atoms with Crippen LogP contribution < -0.4 is 15.1 Å². The highest BCUT2D eigenvalue weighted by molar-refractivity contribution is 6.46. The van der Waals surface area contributed by atoms with Crippen molar-refractivity contribution in [1.29, 1.82) is 0 Å². The highest BCUT2D eigenvalue weighted by Gasteiger charge is 2.40. The number of anilines is 3. The number of carbonyl (C=O) groups is 2. The Kier molecular flexibility index (Phi) is 5.53. The van der Waals surface area contributed by atoms with Crippen LogP contribution in [0.2, 0.25) is 0 Å². The molecule has 0 radical (unpaired) electrons. The van der Waals surface area contributed by atoms with Crippen LogP contribution in [0.4, 0.5) is 21.5 Å². The molecule has 0 aromatic heterocycles. The minimum Gasteiger partial charge on any atom is -0.378 e. The number of amides is 2. The van der Waals surface area contributed by atoms with Gasteiger partial charge >= 0.3 is 0 Å². The summed E-state index contributed by atoms with van der Waals surface area (Å²) in [6.07, 6.45) is 0. The molecule has 6 heteroatoms. The summed E-state index contributed by atoms with van der Waals surface area (Å²) < 4.78 is 13.5. The van der Waals surface area contributed by atoms with Gasteiger partial charge in [-0.25, -0.2) is 9.29 Å². The summed E-state index contributed by atoms with van der Waals surface area (Å²) in [5.74, 6) is -1.30. The largest absolute Gasteiger partial charge is 0.378 e. The predicted octanol–water partition coefficient (Wildman–Crippen LogP) is 4.91. The molecule has 3 aromatic rings. The zero-order valence-corrected chi connectivity index (χ0v) is 18.4. The lowest BCUT2D eigenvalue weighted by atomic mass is 10.0. The first-order valence-corrected chi connectivity index (χ1v) is 10.3. The van der Waals surface area contributed by atoms with Gasteiger partial charge in [0.2, 0.25) is 0 Å². The van der Waals surface area contributed by atoms with Crippen molar-refractivity contribution >= 4 is 34.4 Å². The Bertz CT molecular complexity index is 1230. The second-order valence-electron chi connectivity index (χ2n) is 7.99. The monoisotopic (exact) mass is 429 g/mol. The molecule has 4 rings (SSSR count). The van der Waals surface area contributed by atoms with E-state index in [1.165, 1.54) is 29.2 Å². The van der Waals surface area contributed by atoms with Crippen LogP contribution in [0.15, 0.2) is 72.4 Å². The molecule has 0 saturated heterocycles. The Hall–Kier alpha value is -3.93. The molecule has 1 heterocycles. The minimum atomic E-state index is -0.445. The highest BCUT2D eigenvalue weighted by Crippen LogP contribution is 2.36. The normalized spacial score (nSPS) is 13.7. The number of carbonyl (C=O) groups excluding carboxylic acids is 2. The van der Waals surface area contributed by atoms with Gasteiger partial charge in [-0.1, -0.05) is 24.3 Å². The Morgan fingerprint density at radius 3 is 2.12 bits per heavy atom. The smallest absolute Gasteiger partial charge is 0.282 e. The molecule has 0 unspecified atom stereocenters. The van der Waals surface area contributed by atoms with Crippen LogP contribution in [0.1, 0.15) is 16.7 Å². The van der Waals surface area contributed by atoms with Gasteiger partial charge in [0.05, 0.1) is 11.3 Å². The second-order valence-corrected chi connectivity index (χ2v) is 7.99. The van der Waals surface area contributed by atoms with Gasteiger partial charge in [-0.15, -0.1) is 0 Å². The zero-order valence-electron chi connectivity index (χ0n) is 18.4. The lowest BCUT2D eigenvalue weighted by Gasteiger charge is -2.19. The maximum atomic E-state index is 13.5. The highest BCUT2D eigenvalue weighted by atomic mass is 19.1. The molecule has 0 aliphatic carbocycles. The maximum absolute atomic E-state index is 13.5. The molecule has 162 valence electrons.